The summed E-state index contributed by atoms with van der Waals surface area (Å²) >= 11 is 0. The average Bonchev–Trinajstić information content (AvgIpc) is 2.81. The summed E-state index contributed by atoms with van der Waals surface area (Å²) in [6, 6.07) is 7.59. The number of fused-ring (bicyclic) bond motifs is 1. The Morgan fingerprint density at radius 1 is 1.25 bits per heavy atom. The molecule has 0 saturated carbocycles. The van der Waals surface area contributed by atoms with Crippen LogP contribution < -0.4 is 11.1 Å². The van der Waals surface area contributed by atoms with Gasteiger partial charge in [-0.1, -0.05) is 13.8 Å². The van der Waals surface area contributed by atoms with Crippen molar-refractivity contribution in [1.29, 1.82) is 0 Å². The molecule has 0 radical (unpaired) electrons. The van der Waals surface area contributed by atoms with E-state index < -0.39 is 10.0 Å². The van der Waals surface area contributed by atoms with Crippen LogP contribution in [0.5, 0.6) is 0 Å². The third kappa shape index (κ3) is 6.39. The van der Waals surface area contributed by atoms with Crippen LogP contribution in [0.3, 0.4) is 0 Å². The summed E-state index contributed by atoms with van der Waals surface area (Å²) in [6.45, 7) is 5.80. The van der Waals surface area contributed by atoms with E-state index in [-0.39, 0.29) is 6.10 Å². The molecule has 11 nitrogen and oxygen atoms in total. The first kappa shape index (κ1) is 25.6. The Hall–Kier alpha value is -3.48. The third-order valence-corrected chi connectivity index (χ3v) is 6.97. The fraction of sp³-hybridized carbons (Fsp3) is 0.375. The molecule has 0 spiro atoms. The van der Waals surface area contributed by atoms with Crippen LogP contribution in [0, 0.1) is 0 Å². The molecular formula is C24H30N8O3S. The van der Waals surface area contributed by atoms with Gasteiger partial charge in [0.25, 0.3) is 0 Å². The molecule has 3 aromatic rings. The smallest absolute Gasteiger partial charge is 0.211 e. The van der Waals surface area contributed by atoms with Gasteiger partial charge in [-0.15, -0.1) is 5.10 Å². The molecule has 190 valence electrons. The van der Waals surface area contributed by atoms with E-state index in [4.69, 9.17) is 10.5 Å². The summed E-state index contributed by atoms with van der Waals surface area (Å²) in [5.74, 6) is 1.60. The maximum absolute atomic E-state index is 11.4. The van der Waals surface area contributed by atoms with Crippen LogP contribution >= 0.6 is 0 Å². The Morgan fingerprint density at radius 3 is 2.78 bits per heavy atom. The number of nitrogens with one attached hydrogen (secondary N) is 1. The van der Waals surface area contributed by atoms with E-state index >= 15 is 0 Å². The van der Waals surface area contributed by atoms with Crippen molar-refractivity contribution in [3.63, 3.8) is 0 Å². The summed E-state index contributed by atoms with van der Waals surface area (Å²) in [7, 11) is -3.14. The van der Waals surface area contributed by atoms with E-state index in [1.807, 2.05) is 24.3 Å². The Labute approximate surface area is 210 Å². The maximum atomic E-state index is 11.4. The molecule has 1 aliphatic rings. The standard InChI is InChI=1S/C24H30N8O3S/c1-16(2)17-9-24(31-28-13-17)30-23-5-4-21-22(29-23)8-18(12-27-21)19(10-25)11-26-6-7-35-20-14-32(15-20)36(3,33)34/h4-5,8-13,16,20H,6-7,14-15,25H2,1-3H3,(H,29,30,31). The number of sulfonamides is 1. The molecule has 3 N–H and O–H groups in total. The van der Waals surface area contributed by atoms with Gasteiger partial charge >= 0.3 is 0 Å². The number of hydrogen-bond donors (Lipinski definition) is 2. The molecule has 1 aliphatic heterocycles. The second kappa shape index (κ2) is 11.1. The zero-order valence-electron chi connectivity index (χ0n) is 20.5. The first-order valence-electron chi connectivity index (χ1n) is 11.6. The highest BCUT2D eigenvalue weighted by Gasteiger charge is 2.33. The van der Waals surface area contributed by atoms with Gasteiger partial charge < -0.3 is 15.8 Å². The van der Waals surface area contributed by atoms with Crippen LogP contribution in [0.4, 0.5) is 11.6 Å². The molecular weight excluding hydrogens is 480 g/mol. The molecule has 4 heterocycles. The molecule has 0 aliphatic carbocycles. The number of aliphatic imine (C=N–C) groups is 1. The number of pyridine rings is 2. The van der Waals surface area contributed by atoms with E-state index in [0.717, 1.165) is 16.6 Å². The van der Waals surface area contributed by atoms with Gasteiger partial charge in [0.1, 0.15) is 5.82 Å². The topological polar surface area (TPSA) is 149 Å². The van der Waals surface area contributed by atoms with Gasteiger partial charge in [0.15, 0.2) is 5.82 Å². The molecule has 0 unspecified atom stereocenters. The first-order chi connectivity index (χ1) is 17.2. The predicted octanol–water partition coefficient (Wildman–Crippen LogP) is 2.32. The van der Waals surface area contributed by atoms with E-state index in [2.05, 4.69) is 44.3 Å². The fourth-order valence-corrected chi connectivity index (χ4v) is 4.42. The SMILES string of the molecule is CC(C)c1cnnc(Nc2ccc3ncc(C(C=NCCOC4CN(S(C)(=O)=O)C4)=CN)cc3n2)c1. The summed E-state index contributed by atoms with van der Waals surface area (Å²) < 4.78 is 29.8. The molecule has 0 amide bonds. The van der Waals surface area contributed by atoms with Crippen LogP contribution in [-0.4, -0.2) is 77.7 Å². The number of rotatable bonds is 10. The fourth-order valence-electron chi connectivity index (χ4n) is 3.55. The van der Waals surface area contributed by atoms with Crippen LogP contribution in [0.15, 0.2) is 47.9 Å². The van der Waals surface area contributed by atoms with Crippen molar-refractivity contribution >= 4 is 44.5 Å². The molecule has 0 atom stereocenters. The van der Waals surface area contributed by atoms with Gasteiger partial charge in [0.2, 0.25) is 10.0 Å². The van der Waals surface area contributed by atoms with E-state index in [1.165, 1.54) is 16.8 Å². The number of hydrogen-bond acceptors (Lipinski definition) is 10. The molecule has 4 rings (SSSR count). The Kier molecular flexibility index (Phi) is 7.87. The first-order valence-corrected chi connectivity index (χ1v) is 13.4. The average molecular weight is 511 g/mol. The summed E-state index contributed by atoms with van der Waals surface area (Å²) in [5.41, 5.74) is 9.86. The monoisotopic (exact) mass is 510 g/mol. The molecule has 0 aromatic carbocycles. The van der Waals surface area contributed by atoms with Gasteiger partial charge in [0, 0.05) is 42.8 Å². The minimum Gasteiger partial charge on any atom is -0.404 e. The van der Waals surface area contributed by atoms with Gasteiger partial charge in [-0.25, -0.2) is 13.4 Å². The van der Waals surface area contributed by atoms with Crippen LogP contribution in [0.1, 0.15) is 30.9 Å². The van der Waals surface area contributed by atoms with Crippen molar-refractivity contribution in [2.24, 2.45) is 10.7 Å². The number of allylic oxidation sites excluding steroid dienone is 1. The van der Waals surface area contributed by atoms with Gasteiger partial charge in [-0.05, 0) is 35.7 Å². The number of nitrogens with two attached hydrogens (primary N) is 1. The molecule has 1 saturated heterocycles. The second-order valence-electron chi connectivity index (χ2n) is 8.84. The van der Waals surface area contributed by atoms with Crippen LogP contribution in [-0.2, 0) is 14.8 Å². The van der Waals surface area contributed by atoms with Crippen molar-refractivity contribution in [3.8, 4) is 0 Å². The van der Waals surface area contributed by atoms with E-state index in [9.17, 15) is 8.42 Å². The zero-order valence-corrected chi connectivity index (χ0v) is 21.3. The molecule has 3 aromatic heterocycles. The third-order valence-electron chi connectivity index (χ3n) is 5.74. The van der Waals surface area contributed by atoms with Crippen molar-refractivity contribution in [3.05, 3.63) is 54.0 Å². The number of aromatic nitrogens is 4. The van der Waals surface area contributed by atoms with E-state index in [0.29, 0.717) is 54.9 Å². The van der Waals surface area contributed by atoms with Crippen LogP contribution in [0.25, 0.3) is 16.6 Å². The normalized spacial score (nSPS) is 15.6. The number of nitrogens with zero attached hydrogens (tertiary/aromatic N) is 6. The molecule has 0 bridgehead atoms. The lowest BCUT2D eigenvalue weighted by Crippen LogP contribution is -2.54. The lowest BCUT2D eigenvalue weighted by atomic mass is 10.1. The molecule has 36 heavy (non-hydrogen) atoms. The summed E-state index contributed by atoms with van der Waals surface area (Å²) in [6.07, 6.45) is 7.74. The lowest BCUT2D eigenvalue weighted by molar-refractivity contribution is -0.0156. The number of anilines is 2. The van der Waals surface area contributed by atoms with Crippen molar-refractivity contribution in [2.45, 2.75) is 25.9 Å². The highest BCUT2D eigenvalue weighted by atomic mass is 32.2. The minimum atomic E-state index is -3.14. The highest BCUT2D eigenvalue weighted by molar-refractivity contribution is 7.88. The summed E-state index contributed by atoms with van der Waals surface area (Å²) in [5, 5.41) is 11.4. The second-order valence-corrected chi connectivity index (χ2v) is 10.8. The largest absolute Gasteiger partial charge is 0.404 e. The number of ether oxygens (including phenoxy) is 1. The van der Waals surface area contributed by atoms with Gasteiger partial charge in [-0.3, -0.25) is 9.98 Å². The van der Waals surface area contributed by atoms with Gasteiger partial charge in [0.05, 0.1) is 42.7 Å². The Bertz CT molecular complexity index is 1390. The van der Waals surface area contributed by atoms with Crippen molar-refractivity contribution in [2.75, 3.05) is 37.8 Å². The lowest BCUT2D eigenvalue weighted by Gasteiger charge is -2.36. The highest BCUT2D eigenvalue weighted by Crippen LogP contribution is 2.22. The summed E-state index contributed by atoms with van der Waals surface area (Å²) in [4.78, 5) is 13.6. The van der Waals surface area contributed by atoms with E-state index in [1.54, 1.807) is 18.6 Å². The Morgan fingerprint density at radius 2 is 2.06 bits per heavy atom. The Balaban J connectivity index is 1.37. The maximum Gasteiger partial charge on any atom is 0.211 e. The van der Waals surface area contributed by atoms with Gasteiger partial charge in [-0.2, -0.15) is 9.40 Å². The quantitative estimate of drug-likeness (QED) is 0.309. The molecule has 1 fully saturated rings. The van der Waals surface area contributed by atoms with Crippen molar-refractivity contribution < 1.29 is 13.2 Å². The minimum absolute atomic E-state index is 0.0863. The van der Waals surface area contributed by atoms with Crippen LogP contribution in [0.2, 0.25) is 0 Å². The van der Waals surface area contributed by atoms with Crippen molar-refractivity contribution in [1.82, 2.24) is 24.5 Å². The predicted molar refractivity (Wildman–Crippen MR) is 141 cm³/mol. The zero-order chi connectivity index (χ0) is 25.7. The molecule has 12 heteroatoms.